The number of fused-ring (bicyclic) bond motifs is 1. The van der Waals surface area contributed by atoms with Gasteiger partial charge in [0.1, 0.15) is 5.82 Å². The molecule has 2 aliphatic heterocycles. The Kier molecular flexibility index (Phi) is 6.44. The molecule has 2 aromatic rings. The zero-order valence-electron chi connectivity index (χ0n) is 17.5. The van der Waals surface area contributed by atoms with Crippen LogP contribution in [-0.2, 0) is 22.6 Å². The Labute approximate surface area is 176 Å². The van der Waals surface area contributed by atoms with Crippen molar-refractivity contribution in [1.82, 2.24) is 20.0 Å². The second-order valence-electron chi connectivity index (χ2n) is 7.86. The summed E-state index contributed by atoms with van der Waals surface area (Å²) in [5.74, 6) is 0.876. The summed E-state index contributed by atoms with van der Waals surface area (Å²) in [6.45, 7) is 8.20. The average molecular weight is 412 g/mol. The first kappa shape index (κ1) is 20.6. The zero-order valence-corrected chi connectivity index (χ0v) is 17.5. The summed E-state index contributed by atoms with van der Waals surface area (Å²) >= 11 is 0. The van der Waals surface area contributed by atoms with E-state index in [-0.39, 0.29) is 11.8 Å². The topological polar surface area (TPSA) is 79.7 Å². The predicted octanol–water partition coefficient (Wildman–Crippen LogP) is 1.58. The molecule has 8 heteroatoms. The molecule has 3 heterocycles. The average Bonchev–Trinajstić information content (AvgIpc) is 3.15. The van der Waals surface area contributed by atoms with Gasteiger partial charge >= 0.3 is 0 Å². The molecule has 0 spiro atoms. The van der Waals surface area contributed by atoms with Crippen LogP contribution in [0.2, 0.25) is 0 Å². The molecule has 1 aromatic carbocycles. The van der Waals surface area contributed by atoms with E-state index in [0.717, 1.165) is 56.3 Å². The van der Waals surface area contributed by atoms with Crippen molar-refractivity contribution in [3.05, 3.63) is 47.2 Å². The first-order chi connectivity index (χ1) is 14.6. The summed E-state index contributed by atoms with van der Waals surface area (Å²) in [4.78, 5) is 28.9. The molecule has 2 amide bonds. The maximum absolute atomic E-state index is 12.4. The molecular weight excluding hydrogens is 382 g/mol. The number of morpholine rings is 1. The van der Waals surface area contributed by atoms with Crippen LogP contribution in [-0.4, -0.2) is 65.9 Å². The van der Waals surface area contributed by atoms with Crippen molar-refractivity contribution in [1.29, 1.82) is 0 Å². The van der Waals surface area contributed by atoms with Gasteiger partial charge in [-0.2, -0.15) is 5.10 Å². The molecule has 1 fully saturated rings. The lowest BCUT2D eigenvalue weighted by atomic mass is 10.1. The van der Waals surface area contributed by atoms with Crippen LogP contribution in [0.25, 0.3) is 0 Å². The number of aromatic nitrogens is 2. The second kappa shape index (κ2) is 9.40. The highest BCUT2D eigenvalue weighted by molar-refractivity contribution is 5.95. The fourth-order valence-electron chi connectivity index (χ4n) is 3.92. The molecule has 0 aliphatic carbocycles. The van der Waals surface area contributed by atoms with E-state index in [9.17, 15) is 9.59 Å². The van der Waals surface area contributed by atoms with Gasteiger partial charge in [-0.25, -0.2) is 4.68 Å². The Bertz CT molecular complexity index is 887. The van der Waals surface area contributed by atoms with Crippen LogP contribution in [0, 0.1) is 6.92 Å². The monoisotopic (exact) mass is 411 g/mol. The summed E-state index contributed by atoms with van der Waals surface area (Å²) in [5.41, 5.74) is 2.53. The maximum Gasteiger partial charge on any atom is 0.251 e. The van der Waals surface area contributed by atoms with Gasteiger partial charge in [-0.3, -0.25) is 19.4 Å². The second-order valence-corrected chi connectivity index (χ2v) is 7.86. The SMILES string of the molecule is Cc1cc2n(n1)CCC(=O)N2Cc1ccc(C(=O)NCCCN2CCOCC2)cc1. The molecule has 1 N–H and O–H groups in total. The van der Waals surface area contributed by atoms with Gasteiger partial charge in [-0.1, -0.05) is 12.1 Å². The highest BCUT2D eigenvalue weighted by Crippen LogP contribution is 2.24. The zero-order chi connectivity index (χ0) is 20.9. The van der Waals surface area contributed by atoms with Crippen LogP contribution in [0.15, 0.2) is 30.3 Å². The molecule has 2 aliphatic rings. The number of nitrogens with one attached hydrogen (secondary N) is 1. The Morgan fingerprint density at radius 3 is 2.70 bits per heavy atom. The fourth-order valence-corrected chi connectivity index (χ4v) is 3.92. The molecule has 0 saturated carbocycles. The number of carbonyl (C=O) groups is 2. The smallest absolute Gasteiger partial charge is 0.251 e. The van der Waals surface area contributed by atoms with Crippen molar-refractivity contribution in [2.45, 2.75) is 32.9 Å². The van der Waals surface area contributed by atoms with Crippen molar-refractivity contribution >= 4 is 17.6 Å². The van der Waals surface area contributed by atoms with Crippen molar-refractivity contribution in [3.8, 4) is 0 Å². The van der Waals surface area contributed by atoms with E-state index in [1.807, 2.05) is 41.9 Å². The lowest BCUT2D eigenvalue weighted by Gasteiger charge is -2.27. The minimum Gasteiger partial charge on any atom is -0.379 e. The van der Waals surface area contributed by atoms with Crippen LogP contribution in [0.1, 0.15) is 34.5 Å². The number of benzene rings is 1. The number of nitrogens with zero attached hydrogens (tertiary/aromatic N) is 4. The van der Waals surface area contributed by atoms with Crippen molar-refractivity contribution < 1.29 is 14.3 Å². The van der Waals surface area contributed by atoms with E-state index in [1.165, 1.54) is 0 Å². The van der Waals surface area contributed by atoms with Gasteiger partial charge in [0.05, 0.1) is 32.0 Å². The first-order valence-electron chi connectivity index (χ1n) is 10.6. The minimum atomic E-state index is -0.0636. The molecule has 1 aromatic heterocycles. The fraction of sp³-hybridized carbons (Fsp3) is 0.500. The lowest BCUT2D eigenvalue weighted by Crippen LogP contribution is -2.38. The Morgan fingerprint density at radius 2 is 1.93 bits per heavy atom. The van der Waals surface area contributed by atoms with Gasteiger partial charge < -0.3 is 10.1 Å². The van der Waals surface area contributed by atoms with E-state index in [1.54, 1.807) is 4.90 Å². The standard InChI is InChI=1S/C22H29N5O3/c1-17-15-20-26(21(28)7-10-27(20)24-17)16-18-3-5-19(6-4-18)22(29)23-8-2-9-25-11-13-30-14-12-25/h3-6,15H,2,7-14,16H2,1H3,(H,23,29). The van der Waals surface area contributed by atoms with Gasteiger partial charge in [0.25, 0.3) is 5.91 Å². The predicted molar refractivity (Wildman–Crippen MR) is 113 cm³/mol. The third kappa shape index (κ3) is 4.88. The van der Waals surface area contributed by atoms with E-state index in [2.05, 4.69) is 15.3 Å². The number of carbonyl (C=O) groups excluding carboxylic acids is 2. The molecule has 4 rings (SSSR count). The summed E-state index contributed by atoms with van der Waals surface area (Å²) in [5, 5.41) is 7.43. The molecule has 0 atom stereocenters. The van der Waals surface area contributed by atoms with Gasteiger partial charge in [-0.15, -0.1) is 0 Å². The number of hydrogen-bond acceptors (Lipinski definition) is 5. The van der Waals surface area contributed by atoms with Crippen LogP contribution in [0.4, 0.5) is 5.82 Å². The summed E-state index contributed by atoms with van der Waals surface area (Å²) in [6, 6.07) is 9.42. The summed E-state index contributed by atoms with van der Waals surface area (Å²) in [7, 11) is 0. The number of ether oxygens (including phenoxy) is 1. The van der Waals surface area contributed by atoms with Crippen molar-refractivity contribution in [2.24, 2.45) is 0 Å². The molecule has 1 saturated heterocycles. The highest BCUT2D eigenvalue weighted by Gasteiger charge is 2.25. The highest BCUT2D eigenvalue weighted by atomic mass is 16.5. The summed E-state index contributed by atoms with van der Waals surface area (Å²) in [6.07, 6.45) is 1.38. The van der Waals surface area contributed by atoms with Gasteiger partial charge in [0, 0.05) is 37.7 Å². The molecule has 30 heavy (non-hydrogen) atoms. The quantitative estimate of drug-likeness (QED) is 0.700. The van der Waals surface area contributed by atoms with Gasteiger partial charge in [0.2, 0.25) is 5.91 Å². The number of hydrogen-bond donors (Lipinski definition) is 1. The normalized spacial score (nSPS) is 17.1. The third-order valence-electron chi connectivity index (χ3n) is 5.59. The van der Waals surface area contributed by atoms with Crippen LogP contribution >= 0.6 is 0 Å². The molecule has 0 radical (unpaired) electrons. The summed E-state index contributed by atoms with van der Waals surface area (Å²) < 4.78 is 7.23. The van der Waals surface area contributed by atoms with Gasteiger partial charge in [0.15, 0.2) is 0 Å². The van der Waals surface area contributed by atoms with E-state index in [0.29, 0.717) is 31.6 Å². The third-order valence-corrected chi connectivity index (χ3v) is 5.59. The largest absolute Gasteiger partial charge is 0.379 e. The number of aryl methyl sites for hydroxylation is 2. The maximum atomic E-state index is 12.4. The number of amides is 2. The lowest BCUT2D eigenvalue weighted by molar-refractivity contribution is -0.119. The Balaban J connectivity index is 1.28. The Hall–Kier alpha value is -2.71. The Morgan fingerprint density at radius 1 is 1.17 bits per heavy atom. The number of rotatable bonds is 7. The van der Waals surface area contributed by atoms with E-state index in [4.69, 9.17) is 4.74 Å². The minimum absolute atomic E-state index is 0.0636. The van der Waals surface area contributed by atoms with E-state index < -0.39 is 0 Å². The van der Waals surface area contributed by atoms with Gasteiger partial charge in [-0.05, 0) is 37.6 Å². The molecule has 0 bridgehead atoms. The molecule has 0 unspecified atom stereocenters. The molecule has 160 valence electrons. The van der Waals surface area contributed by atoms with E-state index >= 15 is 0 Å². The van der Waals surface area contributed by atoms with Crippen LogP contribution < -0.4 is 10.2 Å². The van der Waals surface area contributed by atoms with Crippen molar-refractivity contribution in [3.63, 3.8) is 0 Å². The van der Waals surface area contributed by atoms with Crippen LogP contribution in [0.5, 0.6) is 0 Å². The van der Waals surface area contributed by atoms with Crippen molar-refractivity contribution in [2.75, 3.05) is 44.3 Å². The molecular formula is C22H29N5O3. The van der Waals surface area contributed by atoms with Crippen LogP contribution in [0.3, 0.4) is 0 Å². The number of anilines is 1. The molecule has 8 nitrogen and oxygen atoms in total. The first-order valence-corrected chi connectivity index (χ1v) is 10.6.